The van der Waals surface area contributed by atoms with Gasteiger partial charge in [-0.05, 0) is 40.0 Å². The van der Waals surface area contributed by atoms with E-state index in [0.717, 1.165) is 6.42 Å². The molecular weight excluding hydrogens is 288 g/mol. The highest BCUT2D eigenvalue weighted by molar-refractivity contribution is 5.95. The Bertz CT molecular complexity index is 491. The average molecular weight is 310 g/mol. The number of carbonyl (C=O) groups is 3. The molecule has 2 bridgehead atoms. The van der Waals surface area contributed by atoms with Crippen molar-refractivity contribution < 1.29 is 23.9 Å². The number of fused-ring (bicyclic) bond motifs is 2. The van der Waals surface area contributed by atoms with E-state index in [1.165, 1.54) is 0 Å². The van der Waals surface area contributed by atoms with Crippen LogP contribution < -0.4 is 0 Å². The van der Waals surface area contributed by atoms with Crippen LogP contribution in [0.4, 0.5) is 4.79 Å². The van der Waals surface area contributed by atoms with Crippen LogP contribution in [0.1, 0.15) is 40.0 Å². The predicted octanol–water partition coefficient (Wildman–Crippen LogP) is 0.912. The molecule has 0 aromatic heterocycles. The van der Waals surface area contributed by atoms with Crippen LogP contribution >= 0.6 is 0 Å². The lowest BCUT2D eigenvalue weighted by atomic mass is 10.1. The molecule has 0 aliphatic carbocycles. The molecule has 122 valence electrons. The Hall–Kier alpha value is -1.63. The van der Waals surface area contributed by atoms with Crippen LogP contribution in [0, 0.1) is 0 Å². The lowest BCUT2D eigenvalue weighted by Gasteiger charge is -2.36. The molecule has 3 saturated heterocycles. The van der Waals surface area contributed by atoms with E-state index in [1.54, 1.807) is 4.90 Å². The number of likely N-dealkylation sites (tertiary alicyclic amines) is 1. The smallest absolute Gasteiger partial charge is 0.410 e. The topological polar surface area (TPSA) is 76.2 Å². The van der Waals surface area contributed by atoms with E-state index in [1.807, 2.05) is 25.7 Å². The summed E-state index contributed by atoms with van der Waals surface area (Å²) in [6, 6.07) is -0.667. The highest BCUT2D eigenvalue weighted by atomic mass is 16.6. The number of hydrogen-bond donors (Lipinski definition) is 0. The molecule has 0 aromatic carbocycles. The number of hydrogen-bond acceptors (Lipinski definition) is 6. The number of amides is 1. The Labute approximate surface area is 129 Å². The molecule has 1 amide bonds. The molecule has 22 heavy (non-hydrogen) atoms. The van der Waals surface area contributed by atoms with Crippen molar-refractivity contribution in [3.05, 3.63) is 0 Å². The predicted molar refractivity (Wildman–Crippen MR) is 76.0 cm³/mol. The maximum atomic E-state index is 12.1. The Morgan fingerprint density at radius 2 is 1.73 bits per heavy atom. The number of esters is 2. The first kappa shape index (κ1) is 15.3. The van der Waals surface area contributed by atoms with Gasteiger partial charge < -0.3 is 14.4 Å². The summed E-state index contributed by atoms with van der Waals surface area (Å²) in [6.07, 6.45) is 1.71. The molecule has 3 unspecified atom stereocenters. The van der Waals surface area contributed by atoms with E-state index in [2.05, 4.69) is 0 Å². The summed E-state index contributed by atoms with van der Waals surface area (Å²) >= 11 is 0. The monoisotopic (exact) mass is 310 g/mol. The van der Waals surface area contributed by atoms with E-state index in [9.17, 15) is 14.4 Å². The minimum Gasteiger partial charge on any atom is -0.444 e. The number of rotatable bonds is 1. The first-order chi connectivity index (χ1) is 10.3. The summed E-state index contributed by atoms with van der Waals surface area (Å²) in [5.41, 5.74) is -0.529. The Morgan fingerprint density at radius 1 is 1.14 bits per heavy atom. The van der Waals surface area contributed by atoms with Crippen molar-refractivity contribution >= 4 is 18.0 Å². The third-order valence-electron chi connectivity index (χ3n) is 4.42. The van der Waals surface area contributed by atoms with Gasteiger partial charge in [-0.1, -0.05) is 0 Å². The summed E-state index contributed by atoms with van der Waals surface area (Å²) in [6.45, 7) is 6.56. The highest BCUT2D eigenvalue weighted by Crippen LogP contribution is 2.35. The molecule has 0 spiro atoms. The van der Waals surface area contributed by atoms with Gasteiger partial charge in [0.05, 0.1) is 0 Å². The lowest BCUT2D eigenvalue weighted by molar-refractivity contribution is -0.174. The maximum absolute atomic E-state index is 12.1. The minimum atomic E-state index is -0.529. The maximum Gasteiger partial charge on any atom is 0.410 e. The van der Waals surface area contributed by atoms with Gasteiger partial charge in [0.25, 0.3) is 0 Å². The summed E-state index contributed by atoms with van der Waals surface area (Å²) in [7, 11) is 0. The second kappa shape index (κ2) is 5.22. The quantitative estimate of drug-likeness (QED) is 0.529. The molecule has 3 aliphatic rings. The van der Waals surface area contributed by atoms with Crippen molar-refractivity contribution in [3.63, 3.8) is 0 Å². The number of morpholine rings is 1. The molecule has 0 N–H and O–H groups in total. The van der Waals surface area contributed by atoms with Gasteiger partial charge in [-0.15, -0.1) is 0 Å². The van der Waals surface area contributed by atoms with E-state index in [0.29, 0.717) is 25.9 Å². The molecule has 3 fully saturated rings. The second-order valence-corrected chi connectivity index (χ2v) is 7.17. The van der Waals surface area contributed by atoms with Crippen molar-refractivity contribution in [1.82, 2.24) is 9.80 Å². The number of carbonyl (C=O) groups excluding carboxylic acids is 3. The van der Waals surface area contributed by atoms with Gasteiger partial charge in [0, 0.05) is 19.1 Å². The van der Waals surface area contributed by atoms with Crippen LogP contribution in [0.2, 0.25) is 0 Å². The van der Waals surface area contributed by atoms with Crippen LogP contribution in [0.5, 0.6) is 0 Å². The number of ether oxygens (including phenoxy) is 2. The van der Waals surface area contributed by atoms with Gasteiger partial charge in [0.2, 0.25) is 0 Å². The van der Waals surface area contributed by atoms with E-state index < -0.39 is 17.5 Å². The van der Waals surface area contributed by atoms with Gasteiger partial charge in [0.15, 0.2) is 0 Å². The largest absolute Gasteiger partial charge is 0.444 e. The van der Waals surface area contributed by atoms with Gasteiger partial charge in [-0.2, -0.15) is 0 Å². The third-order valence-corrected chi connectivity index (χ3v) is 4.42. The fraction of sp³-hybridized carbons (Fsp3) is 0.800. The van der Waals surface area contributed by atoms with Gasteiger partial charge in [-0.3, -0.25) is 4.90 Å². The molecule has 3 atom stereocenters. The Kier molecular flexibility index (Phi) is 3.63. The number of nitrogens with zero attached hydrogens (tertiary/aromatic N) is 2. The zero-order valence-corrected chi connectivity index (χ0v) is 13.2. The SMILES string of the molecule is CC(C)(C)OC(=O)N1CCC(N2C3CCC2C(=O)OC3=O)C1. The zero-order valence-electron chi connectivity index (χ0n) is 13.2. The van der Waals surface area contributed by atoms with Crippen LogP contribution in [0.15, 0.2) is 0 Å². The summed E-state index contributed by atoms with van der Waals surface area (Å²) in [5.74, 6) is -0.899. The molecule has 0 radical (unpaired) electrons. The fourth-order valence-electron chi connectivity index (χ4n) is 3.53. The van der Waals surface area contributed by atoms with Crippen molar-refractivity contribution in [2.45, 2.75) is 63.8 Å². The fourth-order valence-corrected chi connectivity index (χ4v) is 3.53. The first-order valence-corrected chi connectivity index (χ1v) is 7.77. The zero-order chi connectivity index (χ0) is 16.1. The van der Waals surface area contributed by atoms with E-state index >= 15 is 0 Å². The van der Waals surface area contributed by atoms with Crippen molar-refractivity contribution in [1.29, 1.82) is 0 Å². The molecule has 0 saturated carbocycles. The highest BCUT2D eigenvalue weighted by Gasteiger charge is 2.52. The molecule has 3 rings (SSSR count). The Morgan fingerprint density at radius 3 is 2.27 bits per heavy atom. The number of cyclic esters (lactones) is 2. The lowest BCUT2D eigenvalue weighted by Crippen LogP contribution is -2.56. The van der Waals surface area contributed by atoms with Gasteiger partial charge in [-0.25, -0.2) is 14.4 Å². The van der Waals surface area contributed by atoms with E-state index in [4.69, 9.17) is 9.47 Å². The van der Waals surface area contributed by atoms with Crippen LogP contribution in [-0.2, 0) is 19.1 Å². The molecule has 0 aromatic rings. The summed E-state index contributed by atoms with van der Waals surface area (Å²) in [5, 5.41) is 0. The van der Waals surface area contributed by atoms with Crippen LogP contribution in [0.25, 0.3) is 0 Å². The third kappa shape index (κ3) is 2.69. The molecule has 3 heterocycles. The first-order valence-electron chi connectivity index (χ1n) is 7.77. The van der Waals surface area contributed by atoms with Gasteiger partial charge >= 0.3 is 18.0 Å². The van der Waals surface area contributed by atoms with E-state index in [-0.39, 0.29) is 24.2 Å². The normalized spacial score (nSPS) is 32.3. The average Bonchev–Trinajstić information content (AvgIpc) is 2.99. The molecule has 3 aliphatic heterocycles. The molecule has 7 heteroatoms. The van der Waals surface area contributed by atoms with Crippen molar-refractivity contribution in [2.24, 2.45) is 0 Å². The molecule has 7 nitrogen and oxygen atoms in total. The van der Waals surface area contributed by atoms with Crippen molar-refractivity contribution in [3.8, 4) is 0 Å². The van der Waals surface area contributed by atoms with Crippen LogP contribution in [0.3, 0.4) is 0 Å². The summed E-state index contributed by atoms with van der Waals surface area (Å²) in [4.78, 5) is 39.4. The second-order valence-electron chi connectivity index (χ2n) is 7.17. The van der Waals surface area contributed by atoms with Crippen LogP contribution in [-0.4, -0.2) is 64.6 Å². The Balaban J connectivity index is 1.67. The minimum absolute atomic E-state index is 0.0156. The van der Waals surface area contributed by atoms with Crippen molar-refractivity contribution in [2.75, 3.05) is 13.1 Å². The van der Waals surface area contributed by atoms with Gasteiger partial charge in [0.1, 0.15) is 17.7 Å². The standard InChI is InChI=1S/C15H22N2O5/c1-15(2,3)22-14(20)16-7-6-9(8-16)17-10-4-5-11(17)13(19)21-12(10)18/h9-11H,4-8H2,1-3H3. The molecular formula is C15H22N2O5. The summed E-state index contributed by atoms with van der Waals surface area (Å²) < 4.78 is 10.2.